The third kappa shape index (κ3) is 6.08. The Hall–Kier alpha value is -2.36. The number of carbonyl (C=O) groups is 1. The van der Waals surface area contributed by atoms with E-state index in [1.54, 1.807) is 57.7 Å². The number of methoxy groups -OCH3 is 3. The molecule has 150 valence electrons. The largest absolute Gasteiger partial charge is 0.493 e. The van der Waals surface area contributed by atoms with Crippen molar-refractivity contribution >= 4 is 44.9 Å². The Bertz CT molecular complexity index is 847. The van der Waals surface area contributed by atoms with Gasteiger partial charge in [-0.25, -0.2) is 0 Å². The Morgan fingerprint density at radius 2 is 1.71 bits per heavy atom. The summed E-state index contributed by atoms with van der Waals surface area (Å²) in [5.74, 6) is 1.18. The highest BCUT2D eigenvalue weighted by Gasteiger charge is 2.15. The maximum absolute atomic E-state index is 12.7. The molecule has 0 aliphatic carbocycles. The number of amides is 1. The molecule has 0 spiro atoms. The molecular formula is C19H21BrN2O5S. The summed E-state index contributed by atoms with van der Waals surface area (Å²) < 4.78 is 21.8. The summed E-state index contributed by atoms with van der Waals surface area (Å²) in [5, 5.41) is 5.73. The highest BCUT2D eigenvalue weighted by molar-refractivity contribution is 9.10. The number of thiocarbonyl (C=S) groups is 1. The Morgan fingerprint density at radius 1 is 1.00 bits per heavy atom. The Labute approximate surface area is 177 Å². The van der Waals surface area contributed by atoms with Gasteiger partial charge in [0.15, 0.2) is 16.6 Å². The molecule has 2 aromatic rings. The molecule has 0 saturated carbocycles. The fourth-order valence-electron chi connectivity index (χ4n) is 2.29. The first-order valence-corrected chi connectivity index (χ1v) is 9.44. The zero-order valence-corrected chi connectivity index (χ0v) is 18.1. The molecule has 28 heavy (non-hydrogen) atoms. The van der Waals surface area contributed by atoms with Crippen molar-refractivity contribution in [3.05, 3.63) is 46.4 Å². The number of hydrogen-bond acceptors (Lipinski definition) is 6. The second kappa shape index (κ2) is 10.8. The summed E-state index contributed by atoms with van der Waals surface area (Å²) in [6.45, 7) is 0.739. The predicted molar refractivity (Wildman–Crippen MR) is 115 cm³/mol. The van der Waals surface area contributed by atoms with Crippen LogP contribution in [0.3, 0.4) is 0 Å². The number of halogens is 1. The molecule has 2 N–H and O–H groups in total. The predicted octanol–water partition coefficient (Wildman–Crippen LogP) is 3.62. The second-order valence-electron chi connectivity index (χ2n) is 5.46. The maximum Gasteiger partial charge on any atom is 0.261 e. The molecule has 7 nitrogen and oxygen atoms in total. The van der Waals surface area contributed by atoms with E-state index < -0.39 is 5.91 Å². The van der Waals surface area contributed by atoms with Gasteiger partial charge in [-0.3, -0.25) is 10.1 Å². The Kier molecular flexibility index (Phi) is 8.49. The molecule has 0 unspecified atom stereocenters. The van der Waals surface area contributed by atoms with E-state index in [-0.39, 0.29) is 5.11 Å². The summed E-state index contributed by atoms with van der Waals surface area (Å²) in [7, 11) is 4.68. The van der Waals surface area contributed by atoms with E-state index in [0.717, 1.165) is 4.47 Å². The van der Waals surface area contributed by atoms with Gasteiger partial charge in [0.25, 0.3) is 5.91 Å². The van der Waals surface area contributed by atoms with Crippen LogP contribution < -0.4 is 24.8 Å². The van der Waals surface area contributed by atoms with Gasteiger partial charge in [0, 0.05) is 23.3 Å². The van der Waals surface area contributed by atoms with Gasteiger partial charge in [-0.15, -0.1) is 0 Å². The highest BCUT2D eigenvalue weighted by Crippen LogP contribution is 2.29. The van der Waals surface area contributed by atoms with E-state index in [1.807, 2.05) is 0 Å². The molecule has 0 fully saturated rings. The molecule has 1 amide bonds. The molecule has 2 aromatic carbocycles. The van der Waals surface area contributed by atoms with Crippen LogP contribution in [0, 0.1) is 0 Å². The van der Waals surface area contributed by atoms with E-state index in [2.05, 4.69) is 26.6 Å². The van der Waals surface area contributed by atoms with Gasteiger partial charge in [-0.05, 0) is 42.5 Å². The zero-order chi connectivity index (χ0) is 20.5. The van der Waals surface area contributed by atoms with Crippen LogP contribution in [0.5, 0.6) is 17.2 Å². The monoisotopic (exact) mass is 468 g/mol. The minimum atomic E-state index is -0.397. The number of rotatable bonds is 8. The molecule has 2 rings (SSSR count). The minimum absolute atomic E-state index is 0.139. The fourth-order valence-corrected chi connectivity index (χ4v) is 2.86. The van der Waals surface area contributed by atoms with Crippen LogP contribution in [0.1, 0.15) is 10.4 Å². The number of ether oxygens (including phenoxy) is 4. The lowest BCUT2D eigenvalue weighted by Crippen LogP contribution is -2.34. The lowest BCUT2D eigenvalue weighted by atomic mass is 10.2. The molecule has 9 heteroatoms. The van der Waals surface area contributed by atoms with Crippen LogP contribution in [-0.2, 0) is 4.74 Å². The Balaban J connectivity index is 2.08. The minimum Gasteiger partial charge on any atom is -0.493 e. The van der Waals surface area contributed by atoms with Gasteiger partial charge in [0.2, 0.25) is 0 Å². The molecule has 0 aromatic heterocycles. The fraction of sp³-hybridized carbons (Fsp3) is 0.263. The maximum atomic E-state index is 12.7. The van der Waals surface area contributed by atoms with E-state index in [4.69, 9.17) is 31.2 Å². The van der Waals surface area contributed by atoms with E-state index in [1.165, 1.54) is 0 Å². The summed E-state index contributed by atoms with van der Waals surface area (Å²) in [5.41, 5.74) is 0.996. The number of nitrogens with one attached hydrogen (secondary N) is 2. The summed E-state index contributed by atoms with van der Waals surface area (Å²) >= 11 is 8.61. The number of anilines is 1. The summed E-state index contributed by atoms with van der Waals surface area (Å²) in [6, 6.07) is 10.4. The molecular weight excluding hydrogens is 448 g/mol. The molecule has 0 aliphatic rings. The van der Waals surface area contributed by atoms with Gasteiger partial charge in [0.05, 0.1) is 26.4 Å². The topological polar surface area (TPSA) is 78.1 Å². The standard InChI is InChI=1S/C19H21BrN2O5S/c1-24-8-9-27-15-6-4-12(20)10-14(15)18(23)22-19(28)21-13-5-7-16(25-2)17(11-13)26-3/h4-7,10-11H,8-9H2,1-3H3,(H2,21,22,23,28). The van der Waals surface area contributed by atoms with Crippen molar-refractivity contribution in [1.29, 1.82) is 0 Å². The van der Waals surface area contributed by atoms with E-state index >= 15 is 0 Å². The van der Waals surface area contributed by atoms with Crippen LogP contribution >= 0.6 is 28.1 Å². The molecule has 0 heterocycles. The molecule has 0 aliphatic heterocycles. The zero-order valence-electron chi connectivity index (χ0n) is 15.7. The van der Waals surface area contributed by atoms with Crippen LogP contribution in [0.25, 0.3) is 0 Å². The van der Waals surface area contributed by atoms with Crippen molar-refractivity contribution in [3.63, 3.8) is 0 Å². The summed E-state index contributed by atoms with van der Waals surface area (Å²) in [6.07, 6.45) is 0. The van der Waals surface area contributed by atoms with Gasteiger partial charge >= 0.3 is 0 Å². The van der Waals surface area contributed by atoms with Gasteiger partial charge in [-0.1, -0.05) is 15.9 Å². The van der Waals surface area contributed by atoms with Crippen molar-refractivity contribution in [2.24, 2.45) is 0 Å². The molecule has 0 bridgehead atoms. The van der Waals surface area contributed by atoms with E-state index in [9.17, 15) is 4.79 Å². The van der Waals surface area contributed by atoms with Crippen molar-refractivity contribution in [2.75, 3.05) is 39.9 Å². The van der Waals surface area contributed by atoms with Crippen molar-refractivity contribution in [1.82, 2.24) is 5.32 Å². The van der Waals surface area contributed by atoms with Gasteiger partial charge in [-0.2, -0.15) is 0 Å². The lowest BCUT2D eigenvalue weighted by molar-refractivity contribution is 0.0969. The Morgan fingerprint density at radius 3 is 2.39 bits per heavy atom. The van der Waals surface area contributed by atoms with E-state index in [0.29, 0.717) is 41.7 Å². The average molecular weight is 469 g/mol. The van der Waals surface area contributed by atoms with Gasteiger partial charge in [0.1, 0.15) is 12.4 Å². The van der Waals surface area contributed by atoms with Crippen LogP contribution in [0.15, 0.2) is 40.9 Å². The number of benzene rings is 2. The highest BCUT2D eigenvalue weighted by atomic mass is 79.9. The van der Waals surface area contributed by atoms with Crippen molar-refractivity contribution in [2.45, 2.75) is 0 Å². The normalized spacial score (nSPS) is 10.1. The number of carbonyl (C=O) groups excluding carboxylic acids is 1. The first kappa shape index (κ1) is 21.9. The average Bonchev–Trinajstić information content (AvgIpc) is 2.68. The smallest absolute Gasteiger partial charge is 0.261 e. The second-order valence-corrected chi connectivity index (χ2v) is 6.78. The number of hydrogen-bond donors (Lipinski definition) is 2. The van der Waals surface area contributed by atoms with Crippen LogP contribution in [0.2, 0.25) is 0 Å². The van der Waals surface area contributed by atoms with Crippen LogP contribution in [-0.4, -0.2) is 45.6 Å². The molecule has 0 radical (unpaired) electrons. The quantitative estimate of drug-likeness (QED) is 0.452. The third-order valence-electron chi connectivity index (χ3n) is 3.60. The third-order valence-corrected chi connectivity index (χ3v) is 4.30. The van der Waals surface area contributed by atoms with Crippen molar-refractivity contribution in [3.8, 4) is 17.2 Å². The van der Waals surface area contributed by atoms with Crippen molar-refractivity contribution < 1.29 is 23.7 Å². The van der Waals surface area contributed by atoms with Gasteiger partial charge < -0.3 is 24.3 Å². The summed E-state index contributed by atoms with van der Waals surface area (Å²) in [4.78, 5) is 12.7. The van der Waals surface area contributed by atoms with Crippen LogP contribution in [0.4, 0.5) is 5.69 Å². The molecule has 0 saturated heterocycles. The first-order valence-electron chi connectivity index (χ1n) is 8.24. The first-order chi connectivity index (χ1) is 13.5. The lowest BCUT2D eigenvalue weighted by Gasteiger charge is -2.14. The SMILES string of the molecule is COCCOc1ccc(Br)cc1C(=O)NC(=S)Nc1ccc(OC)c(OC)c1. The molecule has 0 atom stereocenters.